The number of hydrogen-bond acceptors (Lipinski definition) is 7. The summed E-state index contributed by atoms with van der Waals surface area (Å²) in [5.74, 6) is 0.769. The van der Waals surface area contributed by atoms with E-state index < -0.39 is 10.0 Å². The van der Waals surface area contributed by atoms with Crippen molar-refractivity contribution in [2.24, 2.45) is 7.05 Å². The molecular formula is C19H17N7O3S. The quantitative estimate of drug-likeness (QED) is 0.521. The van der Waals surface area contributed by atoms with Gasteiger partial charge in [0.05, 0.1) is 36.8 Å². The Hall–Kier alpha value is -3.91. The van der Waals surface area contributed by atoms with Gasteiger partial charge in [-0.3, -0.25) is 9.40 Å². The summed E-state index contributed by atoms with van der Waals surface area (Å²) in [6, 6.07) is 7.18. The third-order valence-corrected chi connectivity index (χ3v) is 5.95. The molecule has 0 atom stereocenters. The fraction of sp³-hybridized carbons (Fsp3) is 0.158. The Bertz CT molecular complexity index is 1410. The van der Waals surface area contributed by atoms with Crippen molar-refractivity contribution in [1.82, 2.24) is 24.5 Å². The van der Waals surface area contributed by atoms with Crippen LogP contribution < -0.4 is 9.46 Å². The third-order valence-electron chi connectivity index (χ3n) is 4.64. The predicted molar refractivity (Wildman–Crippen MR) is 109 cm³/mol. The number of fused-ring (bicyclic) bond motifs is 1. The molecule has 0 aliphatic rings. The van der Waals surface area contributed by atoms with Gasteiger partial charge in [-0.15, -0.1) is 0 Å². The first kappa shape index (κ1) is 19.4. The summed E-state index contributed by atoms with van der Waals surface area (Å²) in [4.78, 5) is 4.12. The lowest BCUT2D eigenvalue weighted by atomic mass is 10.2. The second-order valence-corrected chi connectivity index (χ2v) is 8.23. The van der Waals surface area contributed by atoms with Crippen LogP contribution in [0.25, 0.3) is 16.7 Å². The second-order valence-electron chi connectivity index (χ2n) is 6.54. The number of sulfonamides is 1. The Kier molecular flexibility index (Phi) is 4.63. The summed E-state index contributed by atoms with van der Waals surface area (Å²) in [6.45, 7) is 1.77. The van der Waals surface area contributed by atoms with Crippen molar-refractivity contribution in [3.05, 3.63) is 54.1 Å². The van der Waals surface area contributed by atoms with E-state index in [1.54, 1.807) is 43.0 Å². The molecule has 4 aromatic rings. The van der Waals surface area contributed by atoms with Gasteiger partial charge in [-0.05, 0) is 30.7 Å². The van der Waals surface area contributed by atoms with Crippen LogP contribution in [0.15, 0.2) is 47.9 Å². The molecule has 10 nitrogen and oxygen atoms in total. The second kappa shape index (κ2) is 7.16. The molecule has 1 N–H and O–H groups in total. The number of hydrogen-bond donors (Lipinski definition) is 1. The molecule has 11 heteroatoms. The minimum atomic E-state index is -3.98. The van der Waals surface area contributed by atoms with E-state index in [-0.39, 0.29) is 10.6 Å². The first-order valence-electron chi connectivity index (χ1n) is 8.77. The molecule has 0 bridgehead atoms. The van der Waals surface area contributed by atoms with Crippen molar-refractivity contribution in [1.29, 1.82) is 5.26 Å². The van der Waals surface area contributed by atoms with Crippen molar-refractivity contribution in [3.8, 4) is 17.6 Å². The molecule has 0 radical (unpaired) electrons. The van der Waals surface area contributed by atoms with E-state index in [1.165, 1.54) is 30.4 Å². The number of ether oxygens (including phenoxy) is 1. The van der Waals surface area contributed by atoms with Crippen LogP contribution in [-0.4, -0.2) is 40.1 Å². The SMILES string of the molecule is COc1ccc2cnn(C)c2c1NS(=O)(=O)c1cnn(-c2cc(C)c(C#N)cn2)c1. The van der Waals surface area contributed by atoms with Gasteiger partial charge in [0.2, 0.25) is 0 Å². The molecule has 0 aliphatic carbocycles. The van der Waals surface area contributed by atoms with Crippen LogP contribution in [0.2, 0.25) is 0 Å². The van der Waals surface area contributed by atoms with Crippen LogP contribution in [0.3, 0.4) is 0 Å². The average molecular weight is 423 g/mol. The number of pyridine rings is 1. The molecule has 0 unspecified atom stereocenters. The Morgan fingerprint density at radius 1 is 1.20 bits per heavy atom. The van der Waals surface area contributed by atoms with Gasteiger partial charge in [0.25, 0.3) is 10.0 Å². The van der Waals surface area contributed by atoms with E-state index in [9.17, 15) is 8.42 Å². The molecule has 0 saturated heterocycles. The van der Waals surface area contributed by atoms with Gasteiger partial charge in [0.15, 0.2) is 5.82 Å². The van der Waals surface area contributed by atoms with Crippen molar-refractivity contribution in [2.75, 3.05) is 11.8 Å². The van der Waals surface area contributed by atoms with Gasteiger partial charge in [-0.1, -0.05) is 0 Å². The summed E-state index contributed by atoms with van der Waals surface area (Å²) in [5, 5.41) is 18.1. The summed E-state index contributed by atoms with van der Waals surface area (Å²) in [7, 11) is -0.793. The van der Waals surface area contributed by atoms with Gasteiger partial charge in [0.1, 0.15) is 22.4 Å². The van der Waals surface area contributed by atoms with Crippen molar-refractivity contribution in [2.45, 2.75) is 11.8 Å². The first-order valence-corrected chi connectivity index (χ1v) is 10.3. The van der Waals surface area contributed by atoms with Crippen molar-refractivity contribution < 1.29 is 13.2 Å². The van der Waals surface area contributed by atoms with Crippen molar-refractivity contribution >= 4 is 26.6 Å². The highest BCUT2D eigenvalue weighted by Gasteiger charge is 2.22. The van der Waals surface area contributed by atoms with E-state index in [2.05, 4.69) is 19.9 Å². The van der Waals surface area contributed by atoms with Gasteiger partial charge >= 0.3 is 0 Å². The van der Waals surface area contributed by atoms with Crippen LogP contribution in [0, 0.1) is 18.3 Å². The highest BCUT2D eigenvalue weighted by molar-refractivity contribution is 7.92. The van der Waals surface area contributed by atoms with Gasteiger partial charge in [-0.2, -0.15) is 15.5 Å². The lowest BCUT2D eigenvalue weighted by Crippen LogP contribution is -2.14. The zero-order valence-electron chi connectivity index (χ0n) is 16.4. The van der Waals surface area contributed by atoms with Crippen LogP contribution in [0.5, 0.6) is 5.75 Å². The Morgan fingerprint density at radius 2 is 2.00 bits per heavy atom. The fourth-order valence-corrected chi connectivity index (χ4v) is 4.07. The number of rotatable bonds is 5. The Labute approximate surface area is 172 Å². The number of aromatic nitrogens is 5. The summed E-state index contributed by atoms with van der Waals surface area (Å²) in [5.41, 5.74) is 2.04. The lowest BCUT2D eigenvalue weighted by Gasteiger charge is -2.13. The minimum absolute atomic E-state index is 0.0486. The minimum Gasteiger partial charge on any atom is -0.494 e. The topological polar surface area (TPSA) is 128 Å². The molecule has 0 amide bonds. The number of aryl methyl sites for hydroxylation is 2. The molecule has 0 saturated carbocycles. The monoisotopic (exact) mass is 423 g/mol. The number of nitrogens with zero attached hydrogens (tertiary/aromatic N) is 6. The maximum atomic E-state index is 13.0. The maximum Gasteiger partial charge on any atom is 0.265 e. The maximum absolute atomic E-state index is 13.0. The fourth-order valence-electron chi connectivity index (χ4n) is 3.06. The largest absolute Gasteiger partial charge is 0.494 e. The number of methoxy groups -OCH3 is 1. The van der Waals surface area contributed by atoms with Crippen molar-refractivity contribution in [3.63, 3.8) is 0 Å². The zero-order chi connectivity index (χ0) is 21.5. The highest BCUT2D eigenvalue weighted by atomic mass is 32.2. The van der Waals surface area contributed by atoms with Crippen LogP contribution >= 0.6 is 0 Å². The van der Waals surface area contributed by atoms with Gasteiger partial charge in [-0.25, -0.2) is 18.1 Å². The standard InChI is InChI=1S/C19H17N7O3S/c1-12-6-17(21-8-14(12)7-20)26-11-15(10-23-26)30(27,28)24-18-16(29-3)5-4-13-9-22-25(2)19(13)18/h4-6,8-11,24H,1-3H3. The molecule has 30 heavy (non-hydrogen) atoms. The molecule has 0 spiro atoms. The molecule has 1 aromatic carbocycles. The summed E-state index contributed by atoms with van der Waals surface area (Å²) < 4.78 is 36.9. The highest BCUT2D eigenvalue weighted by Crippen LogP contribution is 2.34. The van der Waals surface area contributed by atoms with Crippen LogP contribution in [-0.2, 0) is 17.1 Å². The summed E-state index contributed by atoms with van der Waals surface area (Å²) >= 11 is 0. The lowest BCUT2D eigenvalue weighted by molar-refractivity contribution is 0.417. The van der Waals surface area contributed by atoms with E-state index in [4.69, 9.17) is 10.00 Å². The molecule has 0 aliphatic heterocycles. The number of nitriles is 1. The van der Waals surface area contributed by atoms with Crippen LogP contribution in [0.1, 0.15) is 11.1 Å². The molecule has 0 fully saturated rings. The zero-order valence-corrected chi connectivity index (χ0v) is 17.2. The molecule has 152 valence electrons. The molecule has 3 aromatic heterocycles. The normalized spacial score (nSPS) is 11.4. The van der Waals surface area contributed by atoms with Gasteiger partial charge < -0.3 is 4.74 Å². The molecule has 3 heterocycles. The Balaban J connectivity index is 1.73. The Morgan fingerprint density at radius 3 is 2.70 bits per heavy atom. The number of anilines is 1. The van der Waals surface area contributed by atoms with E-state index >= 15 is 0 Å². The van der Waals surface area contributed by atoms with E-state index in [0.717, 1.165) is 5.39 Å². The third kappa shape index (κ3) is 3.23. The van der Waals surface area contributed by atoms with E-state index in [1.807, 2.05) is 6.07 Å². The number of benzene rings is 1. The van der Waals surface area contributed by atoms with E-state index in [0.29, 0.717) is 28.2 Å². The summed E-state index contributed by atoms with van der Waals surface area (Å²) in [6.07, 6.45) is 5.65. The van der Waals surface area contributed by atoms with Gasteiger partial charge in [0, 0.05) is 18.6 Å². The predicted octanol–water partition coefficient (Wildman–Crippen LogP) is 2.14. The smallest absolute Gasteiger partial charge is 0.265 e. The first-order chi connectivity index (χ1) is 14.3. The average Bonchev–Trinajstić information content (AvgIpc) is 3.36. The number of nitrogens with one attached hydrogen (secondary N) is 1. The van der Waals surface area contributed by atoms with Crippen LogP contribution in [0.4, 0.5) is 5.69 Å². The molecular weight excluding hydrogens is 406 g/mol. The molecule has 4 rings (SSSR count).